The number of rotatable bonds is 4. The molecule has 1 heterocycles. The topological polar surface area (TPSA) is 84.6 Å². The van der Waals surface area contributed by atoms with E-state index in [0.717, 1.165) is 32.5 Å². The van der Waals surface area contributed by atoms with Crippen LogP contribution in [0.25, 0.3) is 0 Å². The summed E-state index contributed by atoms with van der Waals surface area (Å²) in [5.41, 5.74) is 5.79. The van der Waals surface area contributed by atoms with Gasteiger partial charge in [0, 0.05) is 25.8 Å². The van der Waals surface area contributed by atoms with Crippen LogP contribution in [-0.2, 0) is 4.74 Å². The highest BCUT2D eigenvalue weighted by Crippen LogP contribution is 2.19. The zero-order chi connectivity index (χ0) is 10.4. The van der Waals surface area contributed by atoms with Crippen LogP contribution in [0.15, 0.2) is 0 Å². The summed E-state index contributed by atoms with van der Waals surface area (Å²) in [5, 5.41) is 10.7. The Balaban J connectivity index is 2.11. The highest BCUT2D eigenvalue weighted by molar-refractivity contribution is 5.64. The normalized spacial score (nSPS) is 20.4. The number of nitrogens with one attached hydrogen (secondary N) is 1. The van der Waals surface area contributed by atoms with Crippen molar-refractivity contribution in [3.8, 4) is 0 Å². The predicted molar refractivity (Wildman–Crippen MR) is 52.2 cm³/mol. The smallest absolute Gasteiger partial charge is 0.404 e. The second kappa shape index (κ2) is 5.82. The Kier molecular flexibility index (Phi) is 4.69. The van der Waals surface area contributed by atoms with Gasteiger partial charge in [0.1, 0.15) is 0 Å². The molecule has 82 valence electrons. The lowest BCUT2D eigenvalue weighted by molar-refractivity contribution is 0.0618. The van der Waals surface area contributed by atoms with E-state index >= 15 is 0 Å². The first-order valence-electron chi connectivity index (χ1n) is 4.98. The van der Waals surface area contributed by atoms with Crippen molar-refractivity contribution in [2.45, 2.75) is 25.3 Å². The summed E-state index contributed by atoms with van der Waals surface area (Å²) >= 11 is 0. The van der Waals surface area contributed by atoms with Crippen molar-refractivity contribution in [3.63, 3.8) is 0 Å². The number of carbonyl (C=O) groups is 1. The summed E-state index contributed by atoms with van der Waals surface area (Å²) in [6, 6.07) is -0.0748. The molecule has 1 saturated heterocycles. The minimum Gasteiger partial charge on any atom is -0.465 e. The van der Waals surface area contributed by atoms with Gasteiger partial charge in [0.2, 0.25) is 0 Å². The third-order valence-electron chi connectivity index (χ3n) is 2.49. The number of hydrogen-bond donors (Lipinski definition) is 3. The van der Waals surface area contributed by atoms with Crippen LogP contribution in [0.5, 0.6) is 0 Å². The predicted octanol–water partition coefficient (Wildman–Crippen LogP) is 0.398. The lowest BCUT2D eigenvalue weighted by atomic mass is 9.93. The number of amides is 1. The van der Waals surface area contributed by atoms with E-state index in [0.29, 0.717) is 12.5 Å². The Bertz CT molecular complexity index is 181. The maximum Gasteiger partial charge on any atom is 0.404 e. The third-order valence-corrected chi connectivity index (χ3v) is 2.49. The van der Waals surface area contributed by atoms with E-state index < -0.39 is 6.09 Å². The summed E-state index contributed by atoms with van der Waals surface area (Å²) in [5.74, 6) is 0.592. The minimum atomic E-state index is -1.01. The maximum absolute atomic E-state index is 10.2. The van der Waals surface area contributed by atoms with Crippen LogP contribution in [0.3, 0.4) is 0 Å². The number of hydrogen-bond acceptors (Lipinski definition) is 3. The number of ether oxygens (including phenoxy) is 1. The first kappa shape index (κ1) is 11.3. The van der Waals surface area contributed by atoms with Crippen LogP contribution in [0.1, 0.15) is 19.3 Å². The molecule has 0 radical (unpaired) electrons. The fourth-order valence-corrected chi connectivity index (χ4v) is 1.71. The molecule has 1 aliphatic heterocycles. The fraction of sp³-hybridized carbons (Fsp3) is 0.889. The van der Waals surface area contributed by atoms with E-state index in [1.165, 1.54) is 0 Å². The van der Waals surface area contributed by atoms with Crippen LogP contribution < -0.4 is 11.1 Å². The van der Waals surface area contributed by atoms with Gasteiger partial charge < -0.3 is 20.9 Å². The molecule has 0 saturated carbocycles. The van der Waals surface area contributed by atoms with Crippen molar-refractivity contribution in [2.75, 3.05) is 19.8 Å². The molecule has 0 aromatic heterocycles. The van der Waals surface area contributed by atoms with Crippen molar-refractivity contribution in [1.82, 2.24) is 5.32 Å². The molecular weight excluding hydrogens is 184 g/mol. The molecule has 14 heavy (non-hydrogen) atoms. The highest BCUT2D eigenvalue weighted by atomic mass is 16.5. The van der Waals surface area contributed by atoms with Crippen LogP contribution in [0, 0.1) is 5.92 Å². The van der Waals surface area contributed by atoms with Gasteiger partial charge in [-0.2, -0.15) is 0 Å². The van der Waals surface area contributed by atoms with E-state index in [1.807, 2.05) is 0 Å². The molecule has 5 heteroatoms. The van der Waals surface area contributed by atoms with Gasteiger partial charge in [0.15, 0.2) is 0 Å². The number of carboxylic acid groups (broad SMARTS) is 1. The van der Waals surface area contributed by atoms with Crippen molar-refractivity contribution in [3.05, 3.63) is 0 Å². The van der Waals surface area contributed by atoms with Crippen molar-refractivity contribution < 1.29 is 14.6 Å². The highest BCUT2D eigenvalue weighted by Gasteiger charge is 2.17. The molecular formula is C9H18N2O3. The zero-order valence-corrected chi connectivity index (χ0v) is 8.24. The molecule has 1 rings (SSSR count). The maximum atomic E-state index is 10.2. The van der Waals surface area contributed by atoms with Crippen molar-refractivity contribution >= 4 is 6.09 Å². The van der Waals surface area contributed by atoms with Gasteiger partial charge in [-0.05, 0) is 25.2 Å². The number of nitrogens with two attached hydrogens (primary N) is 1. The summed E-state index contributed by atoms with van der Waals surface area (Å²) < 4.78 is 5.23. The minimum absolute atomic E-state index is 0.0748. The quantitative estimate of drug-likeness (QED) is 0.616. The molecule has 0 unspecified atom stereocenters. The van der Waals surface area contributed by atoms with Gasteiger partial charge in [-0.3, -0.25) is 0 Å². The molecule has 0 aromatic carbocycles. The summed E-state index contributed by atoms with van der Waals surface area (Å²) in [4.78, 5) is 10.2. The third kappa shape index (κ3) is 4.43. The van der Waals surface area contributed by atoms with E-state index in [-0.39, 0.29) is 6.04 Å². The molecule has 4 N–H and O–H groups in total. The van der Waals surface area contributed by atoms with Crippen molar-refractivity contribution in [1.29, 1.82) is 0 Å². The Morgan fingerprint density at radius 1 is 1.57 bits per heavy atom. The van der Waals surface area contributed by atoms with Crippen LogP contribution >= 0.6 is 0 Å². The van der Waals surface area contributed by atoms with Gasteiger partial charge >= 0.3 is 6.09 Å². The van der Waals surface area contributed by atoms with Crippen LogP contribution in [0.4, 0.5) is 4.79 Å². The first-order chi connectivity index (χ1) is 6.68. The first-order valence-corrected chi connectivity index (χ1v) is 4.98. The molecule has 0 aromatic rings. The molecule has 0 bridgehead atoms. The van der Waals surface area contributed by atoms with Crippen LogP contribution in [-0.4, -0.2) is 37.0 Å². The van der Waals surface area contributed by atoms with Crippen LogP contribution in [0.2, 0.25) is 0 Å². The van der Waals surface area contributed by atoms with Gasteiger partial charge in [0.25, 0.3) is 0 Å². The molecule has 1 atom stereocenters. The molecule has 1 aliphatic rings. The average molecular weight is 202 g/mol. The second-order valence-corrected chi connectivity index (χ2v) is 3.74. The fourth-order valence-electron chi connectivity index (χ4n) is 1.71. The van der Waals surface area contributed by atoms with Crippen molar-refractivity contribution in [2.24, 2.45) is 11.7 Å². The zero-order valence-electron chi connectivity index (χ0n) is 8.24. The second-order valence-electron chi connectivity index (χ2n) is 3.74. The lowest BCUT2D eigenvalue weighted by Crippen LogP contribution is -2.38. The molecule has 0 aliphatic carbocycles. The van der Waals surface area contributed by atoms with E-state index in [1.54, 1.807) is 0 Å². The lowest BCUT2D eigenvalue weighted by Gasteiger charge is -2.24. The summed E-state index contributed by atoms with van der Waals surface area (Å²) in [7, 11) is 0. The largest absolute Gasteiger partial charge is 0.465 e. The van der Waals surface area contributed by atoms with Gasteiger partial charge in [-0.1, -0.05) is 0 Å². The molecule has 5 nitrogen and oxygen atoms in total. The standard InChI is InChI=1S/C9H18N2O3/c10-8(6-11-9(12)13)5-7-1-3-14-4-2-7/h7-8,11H,1-6,10H2,(H,12,13)/t8-/m1/s1. The van der Waals surface area contributed by atoms with Gasteiger partial charge in [-0.15, -0.1) is 0 Å². The SMILES string of the molecule is N[C@@H](CNC(=O)O)CC1CCOCC1. The van der Waals surface area contributed by atoms with E-state index in [9.17, 15) is 4.79 Å². The Labute approximate surface area is 83.6 Å². The monoisotopic (exact) mass is 202 g/mol. The Morgan fingerprint density at radius 2 is 2.21 bits per heavy atom. The van der Waals surface area contributed by atoms with E-state index in [2.05, 4.69) is 5.32 Å². The molecule has 0 spiro atoms. The molecule has 1 fully saturated rings. The van der Waals surface area contributed by atoms with Gasteiger partial charge in [0.05, 0.1) is 0 Å². The Morgan fingerprint density at radius 3 is 2.79 bits per heavy atom. The average Bonchev–Trinajstić information content (AvgIpc) is 2.16. The Hall–Kier alpha value is -0.810. The summed E-state index contributed by atoms with van der Waals surface area (Å²) in [6.07, 6.45) is 1.96. The van der Waals surface area contributed by atoms with Gasteiger partial charge in [-0.25, -0.2) is 4.79 Å². The van der Waals surface area contributed by atoms with E-state index in [4.69, 9.17) is 15.6 Å². The summed E-state index contributed by atoms with van der Waals surface area (Å²) in [6.45, 7) is 1.96. The molecule has 1 amide bonds.